The van der Waals surface area contributed by atoms with Crippen molar-refractivity contribution >= 4 is 27.5 Å². The summed E-state index contributed by atoms with van der Waals surface area (Å²) >= 11 is 3.41. The molecule has 3 rings (SSSR count). The summed E-state index contributed by atoms with van der Waals surface area (Å²) in [5.74, 6) is 0.448. The largest absolute Gasteiger partial charge is 0.488 e. The number of aromatic nitrogens is 3. The van der Waals surface area contributed by atoms with Gasteiger partial charge >= 0.3 is 5.69 Å². The summed E-state index contributed by atoms with van der Waals surface area (Å²) in [6, 6.07) is 5.51. The molecule has 0 fully saturated rings. The van der Waals surface area contributed by atoms with Crippen molar-refractivity contribution in [2.75, 3.05) is 18.1 Å². The van der Waals surface area contributed by atoms with E-state index in [1.54, 1.807) is 11.9 Å². The first-order valence-electron chi connectivity index (χ1n) is 6.38. The van der Waals surface area contributed by atoms with E-state index in [4.69, 9.17) is 4.74 Å². The number of hydrogen-bond donors (Lipinski definition) is 0. The second-order valence-electron chi connectivity index (χ2n) is 4.66. The quantitative estimate of drug-likeness (QED) is 0.800. The summed E-state index contributed by atoms with van der Waals surface area (Å²) in [4.78, 5) is 25.8. The molecule has 0 N–H and O–H groups in total. The summed E-state index contributed by atoms with van der Waals surface area (Å²) < 4.78 is 8.86. The third-order valence-corrected chi connectivity index (χ3v) is 3.90. The average Bonchev–Trinajstić information content (AvgIpc) is 2.79. The van der Waals surface area contributed by atoms with Gasteiger partial charge in [-0.2, -0.15) is 5.10 Å². The van der Waals surface area contributed by atoms with E-state index < -0.39 is 0 Å². The van der Waals surface area contributed by atoms with Crippen molar-refractivity contribution in [1.82, 2.24) is 14.3 Å². The first-order chi connectivity index (χ1) is 10.1. The van der Waals surface area contributed by atoms with Crippen LogP contribution in [0.3, 0.4) is 0 Å². The number of hydrogen-bond acceptors (Lipinski definition) is 4. The fourth-order valence-corrected chi connectivity index (χ4v) is 2.68. The zero-order valence-electron chi connectivity index (χ0n) is 11.3. The highest BCUT2D eigenvalue weighted by molar-refractivity contribution is 9.10. The molecule has 0 spiro atoms. The molecule has 110 valence electrons. The third-order valence-electron chi connectivity index (χ3n) is 3.27. The average molecular weight is 353 g/mol. The maximum atomic E-state index is 12.4. The fraction of sp³-hybridized carbons (Fsp3) is 0.308. The monoisotopic (exact) mass is 352 g/mol. The number of ether oxygens (including phenoxy) is 1. The van der Waals surface area contributed by atoms with E-state index in [0.29, 0.717) is 24.6 Å². The molecule has 0 unspecified atom stereocenters. The van der Waals surface area contributed by atoms with E-state index in [1.165, 1.54) is 10.9 Å². The van der Waals surface area contributed by atoms with Gasteiger partial charge < -0.3 is 9.64 Å². The normalized spacial score (nSPS) is 13.7. The molecule has 0 bridgehead atoms. The highest BCUT2D eigenvalue weighted by Gasteiger charge is 2.25. The van der Waals surface area contributed by atoms with Crippen LogP contribution in [-0.2, 0) is 18.4 Å². The van der Waals surface area contributed by atoms with Gasteiger partial charge in [0.2, 0.25) is 5.91 Å². The third kappa shape index (κ3) is 2.46. The Bertz CT molecular complexity index is 752. The van der Waals surface area contributed by atoms with Gasteiger partial charge in [0.25, 0.3) is 0 Å². The first kappa shape index (κ1) is 13.9. The molecular weight excluding hydrogens is 340 g/mol. The topological polar surface area (TPSA) is 69.4 Å². The number of halogens is 1. The van der Waals surface area contributed by atoms with E-state index >= 15 is 0 Å². The standard InChI is InChI=1S/C13H13BrN4O3/c1-16-8-15-18(13(16)20)7-11(19)17-5-6-21-12-9(14)3-2-4-10(12)17/h2-4,8H,5-7H2,1H3. The van der Waals surface area contributed by atoms with E-state index in [0.717, 1.165) is 9.15 Å². The molecule has 2 aromatic rings. The van der Waals surface area contributed by atoms with Gasteiger partial charge in [0, 0.05) is 7.05 Å². The number of fused-ring (bicyclic) bond motifs is 1. The Morgan fingerprint density at radius 3 is 3.00 bits per heavy atom. The molecule has 0 radical (unpaired) electrons. The number of rotatable bonds is 2. The van der Waals surface area contributed by atoms with Crippen LogP contribution in [0.1, 0.15) is 0 Å². The van der Waals surface area contributed by atoms with Crippen molar-refractivity contribution in [3.63, 3.8) is 0 Å². The minimum Gasteiger partial charge on any atom is -0.488 e. The van der Waals surface area contributed by atoms with Crippen molar-refractivity contribution < 1.29 is 9.53 Å². The van der Waals surface area contributed by atoms with Crippen LogP contribution >= 0.6 is 15.9 Å². The van der Waals surface area contributed by atoms with Crippen molar-refractivity contribution in [3.05, 3.63) is 39.5 Å². The Hall–Kier alpha value is -2.09. The lowest BCUT2D eigenvalue weighted by Crippen LogP contribution is -2.41. The molecule has 0 atom stereocenters. The molecule has 0 saturated heterocycles. The number of carbonyl (C=O) groups is 1. The summed E-state index contributed by atoms with van der Waals surface area (Å²) in [5, 5.41) is 3.90. The SMILES string of the molecule is Cn1cnn(CC(=O)N2CCOc3c(Br)cccc32)c1=O. The Morgan fingerprint density at radius 1 is 1.48 bits per heavy atom. The minimum absolute atomic E-state index is 0.0916. The van der Waals surface area contributed by atoms with Gasteiger partial charge in [-0.15, -0.1) is 0 Å². The number of carbonyl (C=O) groups excluding carboxylic acids is 1. The molecule has 1 amide bonds. The minimum atomic E-state index is -0.314. The molecule has 21 heavy (non-hydrogen) atoms. The van der Waals surface area contributed by atoms with Gasteiger partial charge in [0.15, 0.2) is 5.75 Å². The van der Waals surface area contributed by atoms with Gasteiger partial charge in [-0.1, -0.05) is 6.07 Å². The second kappa shape index (κ2) is 5.36. The molecular formula is C13H13BrN4O3. The molecule has 8 heteroatoms. The van der Waals surface area contributed by atoms with E-state index in [9.17, 15) is 9.59 Å². The highest BCUT2D eigenvalue weighted by Crippen LogP contribution is 2.37. The van der Waals surface area contributed by atoms with Crippen molar-refractivity contribution in [1.29, 1.82) is 0 Å². The molecule has 7 nitrogen and oxygen atoms in total. The molecule has 1 aliphatic heterocycles. The maximum absolute atomic E-state index is 12.4. The van der Waals surface area contributed by atoms with Crippen LogP contribution in [0.5, 0.6) is 5.75 Å². The fourth-order valence-electron chi connectivity index (χ4n) is 2.21. The van der Waals surface area contributed by atoms with Crippen molar-refractivity contribution in [2.45, 2.75) is 6.54 Å². The first-order valence-corrected chi connectivity index (χ1v) is 7.17. The zero-order valence-corrected chi connectivity index (χ0v) is 12.9. The lowest BCUT2D eigenvalue weighted by atomic mass is 10.2. The lowest BCUT2D eigenvalue weighted by molar-refractivity contribution is -0.119. The highest BCUT2D eigenvalue weighted by atomic mass is 79.9. The molecule has 1 aliphatic rings. The van der Waals surface area contributed by atoms with Gasteiger partial charge in [0.05, 0.1) is 16.7 Å². The maximum Gasteiger partial charge on any atom is 0.345 e. The van der Waals surface area contributed by atoms with Crippen LogP contribution in [0.2, 0.25) is 0 Å². The molecule has 2 heterocycles. The number of para-hydroxylation sites is 1. The predicted molar refractivity (Wildman–Crippen MR) is 79.5 cm³/mol. The Morgan fingerprint density at radius 2 is 2.29 bits per heavy atom. The van der Waals surface area contributed by atoms with Crippen molar-refractivity contribution in [3.8, 4) is 5.75 Å². The van der Waals surface area contributed by atoms with Crippen LogP contribution < -0.4 is 15.3 Å². The summed E-state index contributed by atoms with van der Waals surface area (Å²) in [5.41, 5.74) is 0.385. The second-order valence-corrected chi connectivity index (χ2v) is 5.52. The Kier molecular flexibility index (Phi) is 3.54. The van der Waals surface area contributed by atoms with Crippen molar-refractivity contribution in [2.24, 2.45) is 7.05 Å². The Balaban J connectivity index is 1.89. The van der Waals surface area contributed by atoms with Crippen LogP contribution in [-0.4, -0.2) is 33.4 Å². The van der Waals surface area contributed by atoms with Crippen LogP contribution in [0.4, 0.5) is 5.69 Å². The Labute approximate surface area is 128 Å². The van der Waals surface area contributed by atoms with E-state index in [1.807, 2.05) is 18.2 Å². The van der Waals surface area contributed by atoms with Gasteiger partial charge in [-0.25, -0.2) is 9.48 Å². The number of nitrogens with zero attached hydrogens (tertiary/aromatic N) is 4. The smallest absolute Gasteiger partial charge is 0.345 e. The predicted octanol–water partition coefficient (Wildman–Crippen LogP) is 0.770. The van der Waals surface area contributed by atoms with Crippen LogP contribution in [0, 0.1) is 0 Å². The van der Waals surface area contributed by atoms with Gasteiger partial charge in [0.1, 0.15) is 19.5 Å². The van der Waals surface area contributed by atoms with Crippen LogP contribution in [0.25, 0.3) is 0 Å². The van der Waals surface area contributed by atoms with Gasteiger partial charge in [-0.3, -0.25) is 9.36 Å². The lowest BCUT2D eigenvalue weighted by Gasteiger charge is -2.30. The number of benzene rings is 1. The molecule has 0 saturated carbocycles. The number of aryl methyl sites for hydroxylation is 1. The van der Waals surface area contributed by atoms with E-state index in [-0.39, 0.29) is 18.1 Å². The number of amides is 1. The summed E-state index contributed by atoms with van der Waals surface area (Å²) in [6.07, 6.45) is 1.39. The number of anilines is 1. The van der Waals surface area contributed by atoms with E-state index in [2.05, 4.69) is 21.0 Å². The summed E-state index contributed by atoms with van der Waals surface area (Å²) in [6.45, 7) is 0.772. The molecule has 1 aromatic heterocycles. The zero-order chi connectivity index (χ0) is 15.0. The van der Waals surface area contributed by atoms with Gasteiger partial charge in [-0.05, 0) is 28.1 Å². The van der Waals surface area contributed by atoms with Crippen LogP contribution in [0.15, 0.2) is 33.8 Å². The summed E-state index contributed by atoms with van der Waals surface area (Å²) in [7, 11) is 1.59. The molecule has 0 aliphatic carbocycles. The molecule has 1 aromatic carbocycles.